The number of hydrogen-bond donors (Lipinski definition) is 1. The zero-order valence-corrected chi connectivity index (χ0v) is 11.7. The minimum atomic E-state index is -0.712. The fraction of sp³-hybridized carbons (Fsp3) is 0.533. The van der Waals surface area contributed by atoms with Crippen LogP contribution in [0.15, 0.2) is 24.3 Å². The molecule has 1 heterocycles. The van der Waals surface area contributed by atoms with E-state index in [1.165, 1.54) is 0 Å². The summed E-state index contributed by atoms with van der Waals surface area (Å²) in [5.74, 6) is -0.231. The molecule has 2 atom stereocenters. The van der Waals surface area contributed by atoms with Crippen LogP contribution < -0.4 is 4.74 Å². The van der Waals surface area contributed by atoms with Gasteiger partial charge in [-0.2, -0.15) is 0 Å². The largest absolute Gasteiger partial charge is 0.497 e. The maximum atomic E-state index is 11.5. The van der Waals surface area contributed by atoms with Gasteiger partial charge in [-0.05, 0) is 31.5 Å². The topological polar surface area (TPSA) is 49.8 Å². The Bertz CT molecular complexity index is 458. The summed E-state index contributed by atoms with van der Waals surface area (Å²) in [5.41, 5.74) is 1.05. The third-order valence-corrected chi connectivity index (χ3v) is 3.92. The van der Waals surface area contributed by atoms with Gasteiger partial charge in [0.15, 0.2) is 0 Å². The lowest BCUT2D eigenvalue weighted by atomic mass is 9.89. The number of methoxy groups -OCH3 is 1. The first-order valence-corrected chi connectivity index (χ1v) is 6.63. The van der Waals surface area contributed by atoms with Crippen LogP contribution in [0.1, 0.15) is 25.3 Å². The molecule has 2 unspecified atom stereocenters. The van der Waals surface area contributed by atoms with E-state index >= 15 is 0 Å². The van der Waals surface area contributed by atoms with Crippen molar-refractivity contribution in [1.29, 1.82) is 0 Å². The van der Waals surface area contributed by atoms with Gasteiger partial charge in [0, 0.05) is 25.0 Å². The van der Waals surface area contributed by atoms with Crippen molar-refractivity contribution in [2.45, 2.75) is 25.8 Å². The van der Waals surface area contributed by atoms with Crippen LogP contribution in [0.4, 0.5) is 0 Å². The molecule has 104 valence electrons. The third kappa shape index (κ3) is 2.89. The zero-order valence-electron chi connectivity index (χ0n) is 11.7. The fourth-order valence-corrected chi connectivity index (χ4v) is 2.72. The molecule has 19 heavy (non-hydrogen) atoms. The molecule has 0 aliphatic carbocycles. The third-order valence-electron chi connectivity index (χ3n) is 3.92. The zero-order chi connectivity index (χ0) is 14.0. The van der Waals surface area contributed by atoms with Gasteiger partial charge in [-0.25, -0.2) is 0 Å². The van der Waals surface area contributed by atoms with E-state index in [1.54, 1.807) is 7.11 Å². The highest BCUT2D eigenvalue weighted by molar-refractivity contribution is 5.72. The highest BCUT2D eigenvalue weighted by atomic mass is 16.5. The van der Waals surface area contributed by atoms with Crippen molar-refractivity contribution in [2.24, 2.45) is 5.92 Å². The minimum absolute atomic E-state index is 0.0370. The Labute approximate surface area is 114 Å². The van der Waals surface area contributed by atoms with E-state index in [9.17, 15) is 9.90 Å². The molecule has 1 fully saturated rings. The molecule has 0 aromatic heterocycles. The van der Waals surface area contributed by atoms with Crippen molar-refractivity contribution in [3.05, 3.63) is 29.8 Å². The van der Waals surface area contributed by atoms with Crippen LogP contribution in [0.25, 0.3) is 0 Å². The van der Waals surface area contributed by atoms with E-state index in [2.05, 4.69) is 18.7 Å². The molecule has 0 bridgehead atoms. The minimum Gasteiger partial charge on any atom is -0.497 e. The molecule has 1 aliphatic heterocycles. The van der Waals surface area contributed by atoms with Crippen LogP contribution in [-0.2, 0) is 4.79 Å². The Morgan fingerprint density at radius 2 is 2.16 bits per heavy atom. The summed E-state index contributed by atoms with van der Waals surface area (Å²) in [4.78, 5) is 13.7. The quantitative estimate of drug-likeness (QED) is 0.904. The molecule has 0 amide bonds. The molecule has 0 spiro atoms. The summed E-state index contributed by atoms with van der Waals surface area (Å²) in [5, 5.41) is 9.41. The Morgan fingerprint density at radius 1 is 1.42 bits per heavy atom. The summed E-state index contributed by atoms with van der Waals surface area (Å²) >= 11 is 0. The van der Waals surface area contributed by atoms with Gasteiger partial charge in [-0.3, -0.25) is 9.69 Å². The average molecular weight is 263 g/mol. The second kappa shape index (κ2) is 5.61. The Morgan fingerprint density at radius 3 is 2.74 bits per heavy atom. The lowest BCUT2D eigenvalue weighted by Gasteiger charge is -2.20. The van der Waals surface area contributed by atoms with Gasteiger partial charge in [0.05, 0.1) is 13.0 Å². The van der Waals surface area contributed by atoms with Crippen LogP contribution in [0.5, 0.6) is 5.75 Å². The monoisotopic (exact) mass is 263 g/mol. The van der Waals surface area contributed by atoms with Crippen molar-refractivity contribution in [3.63, 3.8) is 0 Å². The number of benzene rings is 1. The number of hydrogen-bond acceptors (Lipinski definition) is 3. The molecule has 4 nitrogen and oxygen atoms in total. The SMILES string of the molecule is COc1cccc(C2CN(C(C)C)CC2C(=O)O)c1. The van der Waals surface area contributed by atoms with E-state index < -0.39 is 5.97 Å². The first-order chi connectivity index (χ1) is 9.02. The molecule has 1 saturated heterocycles. The van der Waals surface area contributed by atoms with E-state index in [0.717, 1.165) is 17.9 Å². The Kier molecular flexibility index (Phi) is 4.10. The van der Waals surface area contributed by atoms with Crippen LogP contribution in [0.2, 0.25) is 0 Å². The van der Waals surface area contributed by atoms with E-state index in [1.807, 2.05) is 24.3 Å². The maximum absolute atomic E-state index is 11.5. The Balaban J connectivity index is 2.27. The van der Waals surface area contributed by atoms with E-state index in [0.29, 0.717) is 12.6 Å². The van der Waals surface area contributed by atoms with Gasteiger partial charge in [0.2, 0.25) is 0 Å². The average Bonchev–Trinajstić information content (AvgIpc) is 2.84. The number of likely N-dealkylation sites (tertiary alicyclic amines) is 1. The summed E-state index contributed by atoms with van der Waals surface area (Å²) < 4.78 is 5.22. The van der Waals surface area contributed by atoms with Gasteiger partial charge in [-0.1, -0.05) is 12.1 Å². The molecule has 1 aromatic carbocycles. The second-order valence-corrected chi connectivity index (χ2v) is 5.38. The molecule has 0 saturated carbocycles. The number of carbonyl (C=O) groups is 1. The smallest absolute Gasteiger partial charge is 0.308 e. The normalized spacial score (nSPS) is 23.8. The first kappa shape index (κ1) is 13.9. The predicted molar refractivity (Wildman–Crippen MR) is 73.6 cm³/mol. The highest BCUT2D eigenvalue weighted by Gasteiger charge is 2.39. The number of rotatable bonds is 4. The standard InChI is InChI=1S/C15H21NO3/c1-10(2)16-8-13(14(9-16)15(17)18)11-5-4-6-12(7-11)19-3/h4-7,10,13-14H,8-9H2,1-3H3,(H,17,18). The molecule has 2 rings (SSSR count). The van der Waals surface area contributed by atoms with E-state index in [4.69, 9.17) is 4.74 Å². The lowest BCUT2D eigenvalue weighted by Crippen LogP contribution is -2.29. The van der Waals surface area contributed by atoms with Gasteiger partial charge in [-0.15, -0.1) is 0 Å². The summed E-state index contributed by atoms with van der Waals surface area (Å²) in [7, 11) is 1.63. The molecule has 1 N–H and O–H groups in total. The number of ether oxygens (including phenoxy) is 1. The number of carboxylic acid groups (broad SMARTS) is 1. The predicted octanol–water partition coefficient (Wildman–Crippen LogP) is 2.20. The van der Waals surface area contributed by atoms with Crippen LogP contribution in [-0.4, -0.2) is 42.2 Å². The van der Waals surface area contributed by atoms with Crippen LogP contribution >= 0.6 is 0 Å². The highest BCUT2D eigenvalue weighted by Crippen LogP contribution is 2.35. The molecular formula is C15H21NO3. The van der Waals surface area contributed by atoms with Gasteiger partial charge in [0.1, 0.15) is 5.75 Å². The number of aliphatic carboxylic acids is 1. The van der Waals surface area contributed by atoms with Crippen molar-refractivity contribution in [2.75, 3.05) is 20.2 Å². The van der Waals surface area contributed by atoms with Crippen LogP contribution in [0, 0.1) is 5.92 Å². The van der Waals surface area contributed by atoms with Gasteiger partial charge in [0.25, 0.3) is 0 Å². The van der Waals surface area contributed by atoms with Gasteiger partial charge >= 0.3 is 5.97 Å². The van der Waals surface area contributed by atoms with Gasteiger partial charge < -0.3 is 9.84 Å². The molecular weight excluding hydrogens is 242 g/mol. The molecule has 0 radical (unpaired) electrons. The Hall–Kier alpha value is -1.55. The molecule has 1 aliphatic rings. The summed E-state index contributed by atoms with van der Waals surface area (Å²) in [6, 6.07) is 8.12. The molecule has 1 aromatic rings. The number of nitrogens with zero attached hydrogens (tertiary/aromatic N) is 1. The molecule has 4 heteroatoms. The maximum Gasteiger partial charge on any atom is 0.308 e. The van der Waals surface area contributed by atoms with E-state index in [-0.39, 0.29) is 11.8 Å². The first-order valence-electron chi connectivity index (χ1n) is 6.63. The van der Waals surface area contributed by atoms with Crippen molar-refractivity contribution in [3.8, 4) is 5.75 Å². The summed E-state index contributed by atoms with van der Waals surface area (Å²) in [6.45, 7) is 5.62. The van der Waals surface area contributed by atoms with Crippen molar-refractivity contribution < 1.29 is 14.6 Å². The number of carboxylic acids is 1. The van der Waals surface area contributed by atoms with Crippen molar-refractivity contribution >= 4 is 5.97 Å². The van der Waals surface area contributed by atoms with Crippen LogP contribution in [0.3, 0.4) is 0 Å². The van der Waals surface area contributed by atoms with Crippen molar-refractivity contribution in [1.82, 2.24) is 4.90 Å². The fourth-order valence-electron chi connectivity index (χ4n) is 2.72. The summed E-state index contributed by atoms with van der Waals surface area (Å²) in [6.07, 6.45) is 0. The lowest BCUT2D eigenvalue weighted by molar-refractivity contribution is -0.141. The second-order valence-electron chi connectivity index (χ2n) is 5.38.